The van der Waals surface area contributed by atoms with Crippen molar-refractivity contribution in [2.75, 3.05) is 0 Å². The normalized spacial score (nSPS) is 21.4. The van der Waals surface area contributed by atoms with Crippen LogP contribution in [0.2, 0.25) is 0 Å². The van der Waals surface area contributed by atoms with E-state index < -0.39 is 23.3 Å². The molecule has 0 atom stereocenters. The van der Waals surface area contributed by atoms with Gasteiger partial charge in [0.1, 0.15) is 11.2 Å². The third-order valence-electron chi connectivity index (χ3n) is 3.53. The summed E-state index contributed by atoms with van der Waals surface area (Å²) in [6.07, 6.45) is 4.36. The van der Waals surface area contributed by atoms with Gasteiger partial charge in [-0.1, -0.05) is 0 Å². The number of imidazole rings is 1. The number of nitrogens with one attached hydrogen (secondary N) is 1. The smallest absolute Gasteiger partial charge is 0.331 e. The summed E-state index contributed by atoms with van der Waals surface area (Å²) < 4.78 is 1.73. The maximum Gasteiger partial charge on any atom is 0.331 e. The number of hydrogen-bond acceptors (Lipinski definition) is 4. The second-order valence-electron chi connectivity index (χ2n) is 4.69. The number of rotatable bonds is 2. The second-order valence-corrected chi connectivity index (χ2v) is 4.69. The lowest BCUT2D eigenvalue weighted by Crippen LogP contribution is -2.58. The van der Waals surface area contributed by atoms with Crippen molar-refractivity contribution < 1.29 is 14.4 Å². The van der Waals surface area contributed by atoms with Crippen LogP contribution in [0.4, 0.5) is 4.79 Å². The maximum absolute atomic E-state index is 12.2. The van der Waals surface area contributed by atoms with Gasteiger partial charge in [-0.25, -0.2) is 9.78 Å². The van der Waals surface area contributed by atoms with Crippen LogP contribution in [-0.4, -0.2) is 32.3 Å². The minimum Gasteiger partial charge on any atom is -0.337 e. The molecule has 1 saturated heterocycles. The molecule has 1 saturated carbocycles. The van der Waals surface area contributed by atoms with Crippen molar-refractivity contribution in [2.24, 2.45) is 12.5 Å². The minimum atomic E-state index is -0.987. The first-order chi connectivity index (χ1) is 8.54. The molecule has 3 rings (SSSR count). The minimum absolute atomic E-state index is 0.0865. The molecule has 18 heavy (non-hydrogen) atoms. The molecule has 0 bridgehead atoms. The van der Waals surface area contributed by atoms with E-state index in [1.54, 1.807) is 24.0 Å². The van der Waals surface area contributed by atoms with E-state index in [2.05, 4.69) is 10.3 Å². The third kappa shape index (κ3) is 1.36. The number of barbiturate groups is 1. The summed E-state index contributed by atoms with van der Waals surface area (Å²) in [5, 5.41) is 2.23. The fourth-order valence-electron chi connectivity index (χ4n) is 2.13. The predicted molar refractivity (Wildman–Crippen MR) is 59.0 cm³/mol. The Hall–Kier alpha value is -2.18. The SMILES string of the molecule is Cn1ccnc1CN1C(=O)NC(=O)C2(CC2)C1=O. The molecule has 1 aliphatic carbocycles. The molecule has 2 heterocycles. The topological polar surface area (TPSA) is 84.3 Å². The molecule has 7 heteroatoms. The Labute approximate surface area is 103 Å². The van der Waals surface area contributed by atoms with Gasteiger partial charge in [-0.05, 0) is 12.8 Å². The van der Waals surface area contributed by atoms with Crippen LogP contribution in [0, 0.1) is 5.41 Å². The quantitative estimate of drug-likeness (QED) is 0.733. The summed E-state index contributed by atoms with van der Waals surface area (Å²) in [5.74, 6) is -0.267. The lowest BCUT2D eigenvalue weighted by atomic mass is 10.0. The summed E-state index contributed by atoms with van der Waals surface area (Å²) in [5.41, 5.74) is -0.987. The number of imide groups is 2. The fourth-order valence-corrected chi connectivity index (χ4v) is 2.13. The van der Waals surface area contributed by atoms with Gasteiger partial charge in [0, 0.05) is 19.4 Å². The average Bonchev–Trinajstić information content (AvgIpc) is 3.03. The van der Waals surface area contributed by atoms with Gasteiger partial charge in [-0.15, -0.1) is 0 Å². The Bertz CT molecular complexity index is 558. The number of amides is 4. The van der Waals surface area contributed by atoms with Gasteiger partial charge in [-0.3, -0.25) is 19.8 Å². The predicted octanol–water partition coefficient (Wildman–Crippen LogP) is -0.221. The number of carbonyl (C=O) groups is 3. The molecule has 2 fully saturated rings. The van der Waals surface area contributed by atoms with Gasteiger partial charge in [0.15, 0.2) is 0 Å². The molecule has 0 aromatic carbocycles. The first-order valence-corrected chi connectivity index (χ1v) is 5.68. The Kier molecular flexibility index (Phi) is 2.07. The van der Waals surface area contributed by atoms with Crippen LogP contribution in [-0.2, 0) is 23.2 Å². The summed E-state index contributed by atoms with van der Waals surface area (Å²) >= 11 is 0. The fraction of sp³-hybridized carbons (Fsp3) is 0.455. The number of nitrogens with zero attached hydrogens (tertiary/aromatic N) is 3. The highest BCUT2D eigenvalue weighted by molar-refractivity contribution is 6.20. The van der Waals surface area contributed by atoms with Crippen molar-refractivity contribution in [2.45, 2.75) is 19.4 Å². The van der Waals surface area contributed by atoms with Crippen molar-refractivity contribution in [1.29, 1.82) is 0 Å². The Morgan fingerprint density at radius 2 is 2.11 bits per heavy atom. The van der Waals surface area contributed by atoms with E-state index in [4.69, 9.17) is 0 Å². The van der Waals surface area contributed by atoms with Crippen LogP contribution in [0.15, 0.2) is 12.4 Å². The lowest BCUT2D eigenvalue weighted by molar-refractivity contribution is -0.145. The standard InChI is InChI=1S/C11H12N4O3/c1-14-5-4-12-7(14)6-15-9(17)11(2-3-11)8(16)13-10(15)18/h4-5H,2-3,6H2,1H3,(H,13,16,18). The summed E-state index contributed by atoms with van der Waals surface area (Å²) in [6, 6.07) is -0.662. The van der Waals surface area contributed by atoms with E-state index in [0.717, 1.165) is 4.90 Å². The molecule has 94 valence electrons. The van der Waals surface area contributed by atoms with Crippen molar-refractivity contribution >= 4 is 17.8 Å². The van der Waals surface area contributed by atoms with Gasteiger partial charge in [0.2, 0.25) is 11.8 Å². The van der Waals surface area contributed by atoms with Crippen LogP contribution >= 0.6 is 0 Å². The van der Waals surface area contributed by atoms with E-state index in [0.29, 0.717) is 18.7 Å². The van der Waals surface area contributed by atoms with Crippen LogP contribution in [0.3, 0.4) is 0 Å². The van der Waals surface area contributed by atoms with E-state index in [9.17, 15) is 14.4 Å². The van der Waals surface area contributed by atoms with Gasteiger partial charge >= 0.3 is 6.03 Å². The number of urea groups is 1. The molecule has 0 radical (unpaired) electrons. The number of aryl methyl sites for hydroxylation is 1. The van der Waals surface area contributed by atoms with Gasteiger partial charge in [0.05, 0.1) is 6.54 Å². The van der Waals surface area contributed by atoms with E-state index in [1.165, 1.54) is 0 Å². The summed E-state index contributed by atoms with van der Waals surface area (Å²) in [7, 11) is 1.78. The zero-order chi connectivity index (χ0) is 12.9. The summed E-state index contributed by atoms with van der Waals surface area (Å²) in [4.78, 5) is 40.6. The molecule has 0 unspecified atom stereocenters. The average molecular weight is 248 g/mol. The van der Waals surface area contributed by atoms with Crippen molar-refractivity contribution in [3.63, 3.8) is 0 Å². The molecule has 1 aromatic rings. The van der Waals surface area contributed by atoms with Crippen molar-refractivity contribution in [1.82, 2.24) is 19.8 Å². The van der Waals surface area contributed by atoms with Crippen LogP contribution in [0.5, 0.6) is 0 Å². The molecule has 1 aromatic heterocycles. The second kappa shape index (κ2) is 3.41. The molecule has 4 amide bonds. The van der Waals surface area contributed by atoms with E-state index >= 15 is 0 Å². The van der Waals surface area contributed by atoms with Crippen LogP contribution in [0.1, 0.15) is 18.7 Å². The highest BCUT2D eigenvalue weighted by Gasteiger charge is 2.62. The molecular weight excluding hydrogens is 236 g/mol. The van der Waals surface area contributed by atoms with Crippen LogP contribution < -0.4 is 5.32 Å². The molecular formula is C11H12N4O3. The number of hydrogen-bond donors (Lipinski definition) is 1. The van der Waals surface area contributed by atoms with Crippen molar-refractivity contribution in [3.8, 4) is 0 Å². The largest absolute Gasteiger partial charge is 0.337 e. The Morgan fingerprint density at radius 3 is 2.67 bits per heavy atom. The zero-order valence-electron chi connectivity index (χ0n) is 9.84. The first kappa shape index (κ1) is 10.9. The number of carbonyl (C=O) groups excluding carboxylic acids is 3. The Morgan fingerprint density at radius 1 is 1.39 bits per heavy atom. The maximum atomic E-state index is 12.2. The van der Waals surface area contributed by atoms with Gasteiger partial charge in [-0.2, -0.15) is 0 Å². The van der Waals surface area contributed by atoms with Gasteiger partial charge in [0.25, 0.3) is 0 Å². The van der Waals surface area contributed by atoms with Crippen molar-refractivity contribution in [3.05, 3.63) is 18.2 Å². The molecule has 1 spiro atoms. The molecule has 1 aliphatic heterocycles. The molecule has 2 aliphatic rings. The van der Waals surface area contributed by atoms with E-state index in [-0.39, 0.29) is 6.54 Å². The number of aromatic nitrogens is 2. The van der Waals surface area contributed by atoms with E-state index in [1.807, 2.05) is 0 Å². The third-order valence-corrected chi connectivity index (χ3v) is 3.53. The van der Waals surface area contributed by atoms with Gasteiger partial charge < -0.3 is 4.57 Å². The Balaban J connectivity index is 1.87. The lowest BCUT2D eigenvalue weighted by Gasteiger charge is -2.29. The zero-order valence-corrected chi connectivity index (χ0v) is 9.84. The first-order valence-electron chi connectivity index (χ1n) is 5.68. The highest BCUT2D eigenvalue weighted by atomic mass is 16.2. The molecule has 1 N–H and O–H groups in total. The summed E-state index contributed by atoms with van der Waals surface area (Å²) in [6.45, 7) is 0.0865. The van der Waals surface area contributed by atoms with Crippen LogP contribution in [0.25, 0.3) is 0 Å². The molecule has 7 nitrogen and oxygen atoms in total. The monoisotopic (exact) mass is 248 g/mol. The highest BCUT2D eigenvalue weighted by Crippen LogP contribution is 2.49.